The number of para-hydroxylation sites is 1. The van der Waals surface area contributed by atoms with Gasteiger partial charge in [-0.3, -0.25) is 0 Å². The van der Waals surface area contributed by atoms with E-state index >= 15 is 0 Å². The number of benzene rings is 2. The minimum absolute atomic E-state index is 0.422. The lowest BCUT2D eigenvalue weighted by atomic mass is 10.1. The van der Waals surface area contributed by atoms with E-state index in [1.165, 1.54) is 6.07 Å². The van der Waals surface area contributed by atoms with Gasteiger partial charge in [-0.1, -0.05) is 30.3 Å². The van der Waals surface area contributed by atoms with E-state index in [1.54, 1.807) is 18.2 Å². The van der Waals surface area contributed by atoms with Crippen LogP contribution in [0.1, 0.15) is 5.56 Å². The first kappa shape index (κ1) is 11.8. The van der Waals surface area contributed by atoms with Crippen LogP contribution in [0.3, 0.4) is 0 Å². The number of furan rings is 1. The van der Waals surface area contributed by atoms with Crippen LogP contribution in [0, 0.1) is 0 Å². The topological polar surface area (TPSA) is 13.1 Å². The van der Waals surface area contributed by atoms with Crippen LogP contribution < -0.4 is 0 Å². The van der Waals surface area contributed by atoms with Gasteiger partial charge in [0, 0.05) is 10.9 Å². The Kier molecular flexibility index (Phi) is 2.59. The molecule has 96 valence electrons. The lowest BCUT2D eigenvalue weighted by Gasteiger charge is -2.07. The molecule has 2 aromatic carbocycles. The van der Waals surface area contributed by atoms with Crippen molar-refractivity contribution in [1.29, 1.82) is 0 Å². The Morgan fingerprint density at radius 3 is 2.37 bits per heavy atom. The quantitative estimate of drug-likeness (QED) is 0.593. The molecule has 0 atom stereocenters. The van der Waals surface area contributed by atoms with Gasteiger partial charge in [-0.25, -0.2) is 0 Å². The van der Waals surface area contributed by atoms with Crippen molar-refractivity contribution in [2.75, 3.05) is 0 Å². The molecular weight excluding hydrogens is 253 g/mol. The largest absolute Gasteiger partial charge is 0.456 e. The van der Waals surface area contributed by atoms with E-state index in [0.29, 0.717) is 16.9 Å². The molecule has 0 aliphatic heterocycles. The van der Waals surface area contributed by atoms with E-state index in [0.717, 1.165) is 17.5 Å². The molecule has 1 nitrogen and oxygen atoms in total. The highest BCUT2D eigenvalue weighted by Gasteiger charge is 2.30. The summed E-state index contributed by atoms with van der Waals surface area (Å²) in [6, 6.07) is 14.2. The van der Waals surface area contributed by atoms with Gasteiger partial charge in [-0.15, -0.1) is 0 Å². The Bertz CT molecular complexity index is 692. The molecule has 19 heavy (non-hydrogen) atoms. The molecular formula is C15H9F3O. The van der Waals surface area contributed by atoms with Crippen molar-refractivity contribution in [2.24, 2.45) is 0 Å². The van der Waals surface area contributed by atoms with Crippen LogP contribution in [0.25, 0.3) is 22.3 Å². The molecule has 0 fully saturated rings. The third kappa shape index (κ3) is 2.21. The summed E-state index contributed by atoms with van der Waals surface area (Å²) in [4.78, 5) is 0. The first-order valence-corrected chi connectivity index (χ1v) is 5.70. The zero-order valence-corrected chi connectivity index (χ0v) is 9.74. The van der Waals surface area contributed by atoms with Crippen molar-refractivity contribution in [2.45, 2.75) is 6.18 Å². The molecule has 1 aromatic heterocycles. The maximum atomic E-state index is 12.7. The molecule has 0 N–H and O–H groups in total. The maximum Gasteiger partial charge on any atom is 0.416 e. The van der Waals surface area contributed by atoms with Gasteiger partial charge < -0.3 is 4.42 Å². The lowest BCUT2D eigenvalue weighted by Crippen LogP contribution is -2.04. The summed E-state index contributed by atoms with van der Waals surface area (Å²) in [7, 11) is 0. The fraction of sp³-hybridized carbons (Fsp3) is 0.0667. The minimum Gasteiger partial charge on any atom is -0.456 e. The molecule has 3 rings (SSSR count). The minimum atomic E-state index is -4.35. The van der Waals surface area contributed by atoms with Crippen molar-refractivity contribution in [3.63, 3.8) is 0 Å². The second-order valence-electron chi connectivity index (χ2n) is 4.23. The summed E-state index contributed by atoms with van der Waals surface area (Å²) >= 11 is 0. The van der Waals surface area contributed by atoms with Crippen molar-refractivity contribution in [3.05, 3.63) is 60.2 Å². The van der Waals surface area contributed by atoms with Crippen molar-refractivity contribution in [3.8, 4) is 11.3 Å². The van der Waals surface area contributed by atoms with Crippen LogP contribution >= 0.6 is 0 Å². The summed E-state index contributed by atoms with van der Waals surface area (Å²) in [5.41, 5.74) is 0.409. The van der Waals surface area contributed by atoms with Gasteiger partial charge in [0.15, 0.2) is 0 Å². The highest BCUT2D eigenvalue weighted by atomic mass is 19.4. The standard InChI is InChI=1S/C15H9F3O/c16-15(17,18)12-6-3-5-10(8-12)14-9-11-4-1-2-7-13(11)19-14/h1-9H. The molecule has 0 spiro atoms. The van der Waals surface area contributed by atoms with Crippen molar-refractivity contribution >= 4 is 11.0 Å². The Labute approximate surface area is 107 Å². The van der Waals surface area contributed by atoms with Gasteiger partial charge in [-0.2, -0.15) is 13.2 Å². The molecule has 0 amide bonds. The average Bonchev–Trinajstić information content (AvgIpc) is 2.81. The second kappa shape index (κ2) is 4.16. The third-order valence-electron chi connectivity index (χ3n) is 2.90. The normalized spacial score (nSPS) is 11.9. The predicted molar refractivity (Wildman–Crippen MR) is 66.7 cm³/mol. The average molecular weight is 262 g/mol. The van der Waals surface area contributed by atoms with E-state index in [-0.39, 0.29) is 0 Å². The highest BCUT2D eigenvalue weighted by molar-refractivity contribution is 5.82. The van der Waals surface area contributed by atoms with Crippen LogP contribution in [-0.2, 0) is 6.18 Å². The number of fused-ring (bicyclic) bond motifs is 1. The van der Waals surface area contributed by atoms with E-state index in [4.69, 9.17) is 4.42 Å². The molecule has 0 saturated heterocycles. The Hall–Kier alpha value is -2.23. The Morgan fingerprint density at radius 2 is 1.63 bits per heavy atom. The van der Waals surface area contributed by atoms with Gasteiger partial charge in [0.05, 0.1) is 5.56 Å². The molecule has 3 aromatic rings. The summed E-state index contributed by atoms with van der Waals surface area (Å²) in [6.45, 7) is 0. The van der Waals surface area contributed by atoms with Crippen LogP contribution in [0.15, 0.2) is 59.0 Å². The smallest absolute Gasteiger partial charge is 0.416 e. The summed E-state index contributed by atoms with van der Waals surface area (Å²) in [6.07, 6.45) is -4.35. The number of hydrogen-bond acceptors (Lipinski definition) is 1. The Balaban J connectivity index is 2.11. The SMILES string of the molecule is FC(F)(F)c1cccc(-c2cc3ccccc3o2)c1. The van der Waals surface area contributed by atoms with Gasteiger partial charge in [-0.05, 0) is 24.3 Å². The second-order valence-corrected chi connectivity index (χ2v) is 4.23. The molecule has 0 unspecified atom stereocenters. The Morgan fingerprint density at radius 1 is 0.842 bits per heavy atom. The van der Waals surface area contributed by atoms with Gasteiger partial charge in [0.25, 0.3) is 0 Å². The first-order valence-electron chi connectivity index (χ1n) is 5.70. The van der Waals surface area contributed by atoms with Crippen molar-refractivity contribution < 1.29 is 17.6 Å². The monoisotopic (exact) mass is 262 g/mol. The van der Waals surface area contributed by atoms with Crippen LogP contribution in [-0.4, -0.2) is 0 Å². The number of halogens is 3. The molecule has 4 heteroatoms. The van der Waals surface area contributed by atoms with Crippen molar-refractivity contribution in [1.82, 2.24) is 0 Å². The van der Waals surface area contributed by atoms with Crippen LogP contribution in [0.4, 0.5) is 13.2 Å². The predicted octanol–water partition coefficient (Wildman–Crippen LogP) is 5.12. The molecule has 0 saturated carbocycles. The third-order valence-corrected chi connectivity index (χ3v) is 2.90. The first-order chi connectivity index (χ1) is 9.04. The van der Waals surface area contributed by atoms with Gasteiger partial charge in [0.2, 0.25) is 0 Å². The zero-order valence-electron chi connectivity index (χ0n) is 9.74. The maximum absolute atomic E-state index is 12.7. The zero-order chi connectivity index (χ0) is 13.5. The molecule has 0 bridgehead atoms. The lowest BCUT2D eigenvalue weighted by molar-refractivity contribution is -0.137. The molecule has 1 heterocycles. The highest BCUT2D eigenvalue weighted by Crippen LogP contribution is 2.33. The van der Waals surface area contributed by atoms with Crippen LogP contribution in [0.2, 0.25) is 0 Å². The fourth-order valence-electron chi connectivity index (χ4n) is 1.97. The summed E-state index contributed by atoms with van der Waals surface area (Å²) < 4.78 is 43.5. The molecule has 0 radical (unpaired) electrons. The molecule has 0 aliphatic carbocycles. The molecule has 0 aliphatic rings. The van der Waals surface area contributed by atoms with Crippen LogP contribution in [0.5, 0.6) is 0 Å². The fourth-order valence-corrected chi connectivity index (χ4v) is 1.97. The van der Waals surface area contributed by atoms with E-state index in [2.05, 4.69) is 0 Å². The number of rotatable bonds is 1. The summed E-state index contributed by atoms with van der Waals surface area (Å²) in [5.74, 6) is 0.437. The van der Waals surface area contributed by atoms with Gasteiger partial charge >= 0.3 is 6.18 Å². The number of hydrogen-bond donors (Lipinski definition) is 0. The van der Waals surface area contributed by atoms with E-state index < -0.39 is 11.7 Å². The number of alkyl halides is 3. The van der Waals surface area contributed by atoms with E-state index in [1.807, 2.05) is 18.2 Å². The van der Waals surface area contributed by atoms with E-state index in [9.17, 15) is 13.2 Å². The van der Waals surface area contributed by atoms with Gasteiger partial charge in [0.1, 0.15) is 11.3 Å². The summed E-state index contributed by atoms with van der Waals surface area (Å²) in [5, 5.41) is 0.870.